The summed E-state index contributed by atoms with van der Waals surface area (Å²) in [7, 11) is 0. The first kappa shape index (κ1) is 33.7. The van der Waals surface area contributed by atoms with Gasteiger partial charge in [-0.2, -0.15) is 0 Å². The number of rotatable bonds is 6. The molecule has 0 bridgehead atoms. The molecular formula is C52H30N8. The van der Waals surface area contributed by atoms with E-state index in [4.69, 9.17) is 29.9 Å². The molecule has 8 nitrogen and oxygen atoms in total. The average molecular weight is 767 g/mol. The highest BCUT2D eigenvalue weighted by Gasteiger charge is 2.20. The number of nitrogens with zero attached hydrogens (tertiary/aromatic N) is 8. The van der Waals surface area contributed by atoms with E-state index in [0.29, 0.717) is 34.9 Å². The zero-order valence-electron chi connectivity index (χ0n) is 31.9. The molecule has 0 spiro atoms. The van der Waals surface area contributed by atoms with Crippen molar-refractivity contribution in [3.8, 4) is 68.3 Å². The van der Waals surface area contributed by atoms with Gasteiger partial charge in [-0.15, -0.1) is 0 Å². The lowest BCUT2D eigenvalue weighted by atomic mass is 9.89. The molecule has 0 unspecified atom stereocenters. The Morgan fingerprint density at radius 1 is 0.267 bits per heavy atom. The molecule has 0 aliphatic carbocycles. The van der Waals surface area contributed by atoms with Crippen LogP contribution in [0.1, 0.15) is 0 Å². The lowest BCUT2D eigenvalue weighted by Gasteiger charge is -2.16. The topological polar surface area (TPSA) is 103 Å². The van der Waals surface area contributed by atoms with Gasteiger partial charge < -0.3 is 0 Å². The van der Waals surface area contributed by atoms with E-state index in [-0.39, 0.29) is 0 Å². The Labute approximate surface area is 343 Å². The van der Waals surface area contributed by atoms with Crippen molar-refractivity contribution in [1.82, 2.24) is 39.9 Å². The Bertz CT molecular complexity index is 3370. The van der Waals surface area contributed by atoms with Crippen LogP contribution in [-0.2, 0) is 0 Å². The van der Waals surface area contributed by atoms with Crippen molar-refractivity contribution in [2.75, 3.05) is 0 Å². The molecular weight excluding hydrogens is 737 g/mol. The maximum atomic E-state index is 5.17. The lowest BCUT2D eigenvalue weighted by molar-refractivity contribution is 1.07. The van der Waals surface area contributed by atoms with Gasteiger partial charge in [0.05, 0.1) is 0 Å². The minimum atomic E-state index is 0.561. The summed E-state index contributed by atoms with van der Waals surface area (Å²) in [6.07, 6.45) is 7.10. The first-order chi connectivity index (χ1) is 29.7. The van der Waals surface area contributed by atoms with E-state index >= 15 is 0 Å². The van der Waals surface area contributed by atoms with E-state index in [1.165, 1.54) is 0 Å². The summed E-state index contributed by atoms with van der Waals surface area (Å²) in [5.41, 5.74) is 5.28. The molecule has 0 saturated carbocycles. The van der Waals surface area contributed by atoms with Crippen molar-refractivity contribution in [3.05, 3.63) is 183 Å². The molecule has 60 heavy (non-hydrogen) atoms. The number of pyridine rings is 2. The third-order valence-electron chi connectivity index (χ3n) is 11.3. The predicted molar refractivity (Wildman–Crippen MR) is 240 cm³/mol. The van der Waals surface area contributed by atoms with Gasteiger partial charge in [-0.25, -0.2) is 29.9 Å². The van der Waals surface area contributed by atoms with Crippen LogP contribution < -0.4 is 0 Å². The second-order valence-corrected chi connectivity index (χ2v) is 14.9. The van der Waals surface area contributed by atoms with Gasteiger partial charge in [0, 0.05) is 58.2 Å². The van der Waals surface area contributed by atoms with E-state index in [0.717, 1.165) is 87.2 Å². The maximum Gasteiger partial charge on any atom is 0.165 e. The van der Waals surface area contributed by atoms with Crippen molar-refractivity contribution in [2.45, 2.75) is 0 Å². The summed E-state index contributed by atoms with van der Waals surface area (Å²) in [6, 6.07) is 54.4. The molecule has 0 fully saturated rings. The second kappa shape index (κ2) is 13.6. The summed E-state index contributed by atoms with van der Waals surface area (Å²) < 4.78 is 0. The quantitative estimate of drug-likeness (QED) is 0.154. The van der Waals surface area contributed by atoms with Crippen LogP contribution in [0.2, 0.25) is 0 Å². The average Bonchev–Trinajstić information content (AvgIpc) is 3.33. The van der Waals surface area contributed by atoms with Crippen LogP contribution >= 0.6 is 0 Å². The normalized spacial score (nSPS) is 11.7. The van der Waals surface area contributed by atoms with Crippen LogP contribution in [0.5, 0.6) is 0 Å². The van der Waals surface area contributed by atoms with Gasteiger partial charge in [-0.05, 0) is 102 Å². The van der Waals surface area contributed by atoms with Crippen molar-refractivity contribution in [3.63, 3.8) is 0 Å². The van der Waals surface area contributed by atoms with Gasteiger partial charge >= 0.3 is 0 Å². The predicted octanol–water partition coefficient (Wildman–Crippen LogP) is 12.1. The third kappa shape index (κ3) is 5.69. The number of benzene rings is 8. The summed E-state index contributed by atoms with van der Waals surface area (Å²) in [5.74, 6) is 3.49. The monoisotopic (exact) mass is 766 g/mol. The van der Waals surface area contributed by atoms with Gasteiger partial charge in [0.2, 0.25) is 0 Å². The molecule has 0 aliphatic rings. The minimum absolute atomic E-state index is 0.561. The Morgan fingerprint density at radius 3 is 1.08 bits per heavy atom. The molecule has 4 aromatic heterocycles. The highest BCUT2D eigenvalue weighted by Crippen LogP contribution is 2.42. The van der Waals surface area contributed by atoms with E-state index in [1.54, 1.807) is 24.8 Å². The van der Waals surface area contributed by atoms with Crippen LogP contribution in [-0.4, -0.2) is 39.9 Å². The van der Waals surface area contributed by atoms with Gasteiger partial charge in [0.25, 0.3) is 0 Å². The molecule has 0 radical (unpaired) electrons. The third-order valence-corrected chi connectivity index (χ3v) is 11.3. The Balaban J connectivity index is 1.06. The Kier molecular flexibility index (Phi) is 7.67. The van der Waals surface area contributed by atoms with E-state index < -0.39 is 0 Å². The molecule has 0 aliphatic heterocycles. The smallest absolute Gasteiger partial charge is 0.165 e. The molecule has 8 aromatic carbocycles. The van der Waals surface area contributed by atoms with Gasteiger partial charge in [0.1, 0.15) is 0 Å². The number of hydrogen-bond acceptors (Lipinski definition) is 8. The summed E-state index contributed by atoms with van der Waals surface area (Å²) >= 11 is 0. The largest absolute Gasteiger partial charge is 0.264 e. The van der Waals surface area contributed by atoms with Gasteiger partial charge in [0.15, 0.2) is 34.9 Å². The zero-order valence-corrected chi connectivity index (χ0v) is 31.9. The molecule has 0 N–H and O–H groups in total. The first-order valence-corrected chi connectivity index (χ1v) is 19.7. The number of fused-ring (bicyclic) bond motifs is 2. The molecule has 4 heterocycles. The second-order valence-electron chi connectivity index (χ2n) is 14.9. The highest BCUT2D eigenvalue weighted by molar-refractivity contribution is 6.27. The molecule has 12 aromatic rings. The Morgan fingerprint density at radius 2 is 0.650 bits per heavy atom. The molecule has 0 amide bonds. The maximum absolute atomic E-state index is 5.17. The fourth-order valence-corrected chi connectivity index (χ4v) is 8.35. The summed E-state index contributed by atoms with van der Waals surface area (Å²) in [4.78, 5) is 39.3. The van der Waals surface area contributed by atoms with E-state index in [9.17, 15) is 0 Å². The zero-order chi connectivity index (χ0) is 39.6. The lowest BCUT2D eigenvalue weighted by Crippen LogP contribution is -2.02. The standard InChI is InChI=1S/C52H30N8/c1-3-9-35-27-37(15-13-31(35)7-1)47-55-49(39-11-5-25-53-29-39)59-51(57-47)43-23-19-33-18-22-42-44(24-20-34-17-21-41(43)45(33)46(34)42)52-58-48(56-50(60-52)40-12-6-26-54-30-40)38-16-14-32-8-2-4-10-36(32)28-38/h1-30H. The van der Waals surface area contributed by atoms with Gasteiger partial charge in [-0.1, -0.05) is 109 Å². The van der Waals surface area contributed by atoms with Crippen LogP contribution in [0.25, 0.3) is 122 Å². The first-order valence-electron chi connectivity index (χ1n) is 19.7. The van der Waals surface area contributed by atoms with Crippen molar-refractivity contribution in [2.24, 2.45) is 0 Å². The van der Waals surface area contributed by atoms with E-state index in [2.05, 4.69) is 119 Å². The number of hydrogen-bond donors (Lipinski definition) is 0. The fourth-order valence-electron chi connectivity index (χ4n) is 8.35. The van der Waals surface area contributed by atoms with Crippen LogP contribution in [0, 0.1) is 0 Å². The number of aromatic nitrogens is 8. The van der Waals surface area contributed by atoms with Crippen molar-refractivity contribution >= 4 is 53.9 Å². The summed E-state index contributed by atoms with van der Waals surface area (Å²) in [6.45, 7) is 0. The van der Waals surface area contributed by atoms with E-state index in [1.807, 2.05) is 48.5 Å². The highest BCUT2D eigenvalue weighted by atomic mass is 15.0. The van der Waals surface area contributed by atoms with Crippen molar-refractivity contribution < 1.29 is 0 Å². The summed E-state index contributed by atoms with van der Waals surface area (Å²) in [5, 5.41) is 11.1. The molecule has 12 rings (SSSR count). The van der Waals surface area contributed by atoms with Crippen LogP contribution in [0.3, 0.4) is 0 Å². The molecule has 0 atom stereocenters. The SMILES string of the molecule is c1cncc(-c2nc(-c3ccc4ccccc4c3)nc(-c3ccc4ccc5c(-c6nc(-c7cccnc7)nc(-c7ccc8ccccc8c7)n6)ccc6ccc3c4c65)n2)c1. The van der Waals surface area contributed by atoms with Crippen LogP contribution in [0.4, 0.5) is 0 Å². The molecule has 8 heteroatoms. The van der Waals surface area contributed by atoms with Gasteiger partial charge in [-0.3, -0.25) is 9.97 Å². The minimum Gasteiger partial charge on any atom is -0.264 e. The molecule has 0 saturated heterocycles. The van der Waals surface area contributed by atoms with Crippen molar-refractivity contribution in [1.29, 1.82) is 0 Å². The molecule has 278 valence electrons. The Hall–Kier alpha value is -8.36. The van der Waals surface area contributed by atoms with Crippen LogP contribution in [0.15, 0.2) is 183 Å². The fraction of sp³-hybridized carbons (Fsp3) is 0.